The lowest BCUT2D eigenvalue weighted by Gasteiger charge is -2.26. The molecular formula is C19H24O5. The van der Waals surface area contributed by atoms with E-state index in [0.29, 0.717) is 25.7 Å². The molecule has 1 aromatic carbocycles. The molecule has 1 aromatic rings. The Balaban J connectivity index is 2.43. The lowest BCUT2D eigenvalue weighted by molar-refractivity contribution is -0.137. The summed E-state index contributed by atoms with van der Waals surface area (Å²) >= 11 is 0. The largest absolute Gasteiger partial charge is 0.512 e. The number of aryl methyl sites for hydroxylation is 2. The van der Waals surface area contributed by atoms with Gasteiger partial charge in [0.15, 0.2) is 5.78 Å². The Labute approximate surface area is 142 Å². The number of methoxy groups -OCH3 is 1. The molecule has 0 saturated heterocycles. The van der Waals surface area contributed by atoms with Gasteiger partial charge in [-0.3, -0.25) is 9.59 Å². The second kappa shape index (κ2) is 7.51. The van der Waals surface area contributed by atoms with Crippen LogP contribution >= 0.6 is 0 Å². The van der Waals surface area contributed by atoms with Gasteiger partial charge in [-0.1, -0.05) is 6.07 Å². The predicted molar refractivity (Wildman–Crippen MR) is 90.7 cm³/mol. The van der Waals surface area contributed by atoms with Gasteiger partial charge in [0.05, 0.1) is 12.9 Å². The number of hydrogen-bond donors (Lipinski definition) is 2. The highest BCUT2D eigenvalue weighted by molar-refractivity contribution is 5.91. The Bertz CT molecular complexity index is 687. The van der Waals surface area contributed by atoms with E-state index in [1.165, 1.54) is 6.08 Å². The van der Waals surface area contributed by atoms with Gasteiger partial charge in [-0.05, 0) is 54.9 Å². The lowest BCUT2D eigenvalue weighted by Crippen LogP contribution is -2.16. The van der Waals surface area contributed by atoms with E-state index in [1.54, 1.807) is 7.11 Å². The summed E-state index contributed by atoms with van der Waals surface area (Å²) in [5.74, 6) is -0.108. The molecular weight excluding hydrogens is 308 g/mol. The highest BCUT2D eigenvalue weighted by Gasteiger charge is 2.27. The van der Waals surface area contributed by atoms with Gasteiger partial charge < -0.3 is 14.9 Å². The number of carbonyl (C=O) groups excluding carboxylic acids is 1. The van der Waals surface area contributed by atoms with Crippen LogP contribution in [0.3, 0.4) is 0 Å². The standard InChI is InChI=1S/C19H24O5/c1-11-7-13(5-4-6-17(22)23)18(12(2)19(11)24-3)14-8-15(20)10-16(21)9-14/h7,10,14,20H,4-6,8-9H2,1-3H3,(H,22,23). The van der Waals surface area contributed by atoms with Crippen LogP contribution in [-0.4, -0.2) is 29.1 Å². The Morgan fingerprint density at radius 1 is 1.33 bits per heavy atom. The number of carbonyl (C=O) groups is 2. The van der Waals surface area contributed by atoms with Crippen LogP contribution in [0.4, 0.5) is 0 Å². The summed E-state index contributed by atoms with van der Waals surface area (Å²) in [6.45, 7) is 3.92. The minimum atomic E-state index is -0.813. The van der Waals surface area contributed by atoms with Gasteiger partial charge in [-0.15, -0.1) is 0 Å². The van der Waals surface area contributed by atoms with Crippen molar-refractivity contribution < 1.29 is 24.5 Å². The average Bonchev–Trinajstić information content (AvgIpc) is 2.45. The van der Waals surface area contributed by atoms with E-state index >= 15 is 0 Å². The second-order valence-corrected chi connectivity index (χ2v) is 6.38. The van der Waals surface area contributed by atoms with Crippen molar-refractivity contribution in [3.63, 3.8) is 0 Å². The fourth-order valence-corrected chi connectivity index (χ4v) is 3.66. The van der Waals surface area contributed by atoms with Crippen molar-refractivity contribution in [2.45, 2.75) is 51.9 Å². The molecule has 0 spiro atoms. The van der Waals surface area contributed by atoms with Gasteiger partial charge in [-0.25, -0.2) is 0 Å². The molecule has 1 atom stereocenters. The third-order valence-corrected chi connectivity index (χ3v) is 4.52. The molecule has 0 bridgehead atoms. The highest BCUT2D eigenvalue weighted by atomic mass is 16.5. The Hall–Kier alpha value is -2.30. The van der Waals surface area contributed by atoms with Gasteiger partial charge in [0.1, 0.15) is 5.75 Å². The van der Waals surface area contributed by atoms with Crippen LogP contribution in [0.25, 0.3) is 0 Å². The molecule has 1 aliphatic rings. The van der Waals surface area contributed by atoms with Crippen molar-refractivity contribution in [2.75, 3.05) is 7.11 Å². The molecule has 0 radical (unpaired) electrons. The molecule has 0 heterocycles. The maximum Gasteiger partial charge on any atom is 0.303 e. The summed E-state index contributed by atoms with van der Waals surface area (Å²) in [6.07, 6.45) is 3.34. The first-order valence-corrected chi connectivity index (χ1v) is 8.14. The van der Waals surface area contributed by atoms with Gasteiger partial charge in [0.2, 0.25) is 0 Å². The van der Waals surface area contributed by atoms with Crippen molar-refractivity contribution >= 4 is 11.8 Å². The number of allylic oxidation sites excluding steroid dienone is 2. The zero-order valence-electron chi connectivity index (χ0n) is 14.4. The predicted octanol–water partition coefficient (Wildman–Crippen LogP) is 3.61. The molecule has 0 aromatic heterocycles. The van der Waals surface area contributed by atoms with Crippen LogP contribution in [0, 0.1) is 13.8 Å². The van der Waals surface area contributed by atoms with E-state index in [-0.39, 0.29) is 23.9 Å². The first-order chi connectivity index (χ1) is 11.3. The van der Waals surface area contributed by atoms with Crippen molar-refractivity contribution in [3.8, 4) is 5.75 Å². The van der Waals surface area contributed by atoms with Crippen LogP contribution in [0.15, 0.2) is 17.9 Å². The second-order valence-electron chi connectivity index (χ2n) is 6.38. The number of benzene rings is 1. The Morgan fingerprint density at radius 2 is 2.04 bits per heavy atom. The lowest BCUT2D eigenvalue weighted by atomic mass is 9.79. The summed E-state index contributed by atoms with van der Waals surface area (Å²) < 4.78 is 5.50. The number of ether oxygens (including phenoxy) is 1. The van der Waals surface area contributed by atoms with Crippen LogP contribution in [0.5, 0.6) is 5.75 Å². The molecule has 130 valence electrons. The van der Waals surface area contributed by atoms with Gasteiger partial charge in [-0.2, -0.15) is 0 Å². The third kappa shape index (κ3) is 3.96. The maximum absolute atomic E-state index is 11.9. The number of aliphatic carboxylic acids is 1. The Morgan fingerprint density at radius 3 is 2.62 bits per heavy atom. The summed E-state index contributed by atoms with van der Waals surface area (Å²) in [5.41, 5.74) is 4.01. The fraction of sp³-hybridized carbons (Fsp3) is 0.474. The van der Waals surface area contributed by atoms with Crippen LogP contribution < -0.4 is 4.74 Å². The van der Waals surface area contributed by atoms with Crippen LogP contribution in [0.2, 0.25) is 0 Å². The van der Waals surface area contributed by atoms with Gasteiger partial charge in [0.25, 0.3) is 0 Å². The number of aliphatic hydroxyl groups is 1. The minimum Gasteiger partial charge on any atom is -0.512 e. The molecule has 0 amide bonds. The highest BCUT2D eigenvalue weighted by Crippen LogP contribution is 2.40. The van der Waals surface area contributed by atoms with E-state index in [9.17, 15) is 14.7 Å². The number of aliphatic hydroxyl groups excluding tert-OH is 1. The molecule has 2 N–H and O–H groups in total. The fourth-order valence-electron chi connectivity index (χ4n) is 3.66. The van der Waals surface area contributed by atoms with Crippen LogP contribution in [-0.2, 0) is 16.0 Å². The minimum absolute atomic E-state index is 0.0841. The quantitative estimate of drug-likeness (QED) is 0.831. The molecule has 0 saturated carbocycles. The SMILES string of the molecule is COc1c(C)cc(CCCC(=O)O)c(C2CC(=O)C=C(O)C2)c1C. The van der Waals surface area contributed by atoms with E-state index in [4.69, 9.17) is 9.84 Å². The molecule has 0 aliphatic heterocycles. The number of rotatable bonds is 6. The van der Waals surface area contributed by atoms with E-state index in [0.717, 1.165) is 28.0 Å². The van der Waals surface area contributed by atoms with E-state index in [1.807, 2.05) is 19.9 Å². The first-order valence-electron chi connectivity index (χ1n) is 8.14. The van der Waals surface area contributed by atoms with Crippen molar-refractivity contribution in [2.24, 2.45) is 0 Å². The smallest absolute Gasteiger partial charge is 0.303 e. The monoisotopic (exact) mass is 332 g/mol. The first kappa shape index (κ1) is 18.0. The summed E-state index contributed by atoms with van der Waals surface area (Å²) in [5, 5.41) is 18.7. The number of hydrogen-bond acceptors (Lipinski definition) is 4. The van der Waals surface area contributed by atoms with Gasteiger partial charge in [0, 0.05) is 25.3 Å². The molecule has 5 heteroatoms. The number of carboxylic acid groups (broad SMARTS) is 1. The Kier molecular flexibility index (Phi) is 5.65. The van der Waals surface area contributed by atoms with Gasteiger partial charge >= 0.3 is 5.97 Å². The van der Waals surface area contributed by atoms with E-state index < -0.39 is 5.97 Å². The molecule has 1 unspecified atom stereocenters. The summed E-state index contributed by atoms with van der Waals surface area (Å²) in [7, 11) is 1.62. The van der Waals surface area contributed by atoms with Crippen molar-refractivity contribution in [1.29, 1.82) is 0 Å². The van der Waals surface area contributed by atoms with E-state index in [2.05, 4.69) is 0 Å². The topological polar surface area (TPSA) is 83.8 Å². The normalized spacial score (nSPS) is 17.5. The zero-order valence-corrected chi connectivity index (χ0v) is 14.4. The molecule has 24 heavy (non-hydrogen) atoms. The maximum atomic E-state index is 11.9. The molecule has 1 aliphatic carbocycles. The average molecular weight is 332 g/mol. The van der Waals surface area contributed by atoms with Crippen molar-refractivity contribution in [1.82, 2.24) is 0 Å². The summed E-state index contributed by atoms with van der Waals surface area (Å²) in [6, 6.07) is 2.02. The number of ketones is 1. The number of carboxylic acids is 1. The summed E-state index contributed by atoms with van der Waals surface area (Å²) in [4.78, 5) is 22.7. The molecule has 0 fully saturated rings. The van der Waals surface area contributed by atoms with Crippen LogP contribution in [0.1, 0.15) is 53.9 Å². The third-order valence-electron chi connectivity index (χ3n) is 4.52. The zero-order chi connectivity index (χ0) is 17.9. The van der Waals surface area contributed by atoms with Crippen molar-refractivity contribution in [3.05, 3.63) is 40.2 Å². The molecule has 5 nitrogen and oxygen atoms in total. The molecule has 2 rings (SSSR count).